The van der Waals surface area contributed by atoms with Crippen molar-refractivity contribution in [1.29, 1.82) is 0 Å². The Labute approximate surface area is 123 Å². The molecule has 0 radical (unpaired) electrons. The molecule has 0 aromatic rings. The minimum absolute atomic E-state index is 0.186. The molecule has 0 aliphatic carbocycles. The molecule has 0 aromatic heterocycles. The molecule has 0 bridgehead atoms. The van der Waals surface area contributed by atoms with Gasteiger partial charge in [0.25, 0.3) is 0 Å². The van der Waals surface area contributed by atoms with Crippen molar-refractivity contribution in [2.75, 3.05) is 32.8 Å². The van der Waals surface area contributed by atoms with Gasteiger partial charge < -0.3 is 19.7 Å². The highest BCUT2D eigenvalue weighted by atomic mass is 16.6. The number of ether oxygens (including phenoxy) is 2. The number of carbonyl (C=O) groups is 1. The quantitative estimate of drug-likeness (QED) is 0.762. The van der Waals surface area contributed by atoms with E-state index in [9.17, 15) is 4.79 Å². The normalized spacial score (nSPS) is 20.0. The average Bonchev–Trinajstić information content (AvgIpc) is 2.37. The van der Waals surface area contributed by atoms with Gasteiger partial charge >= 0.3 is 6.09 Å². The molecule has 0 saturated carbocycles. The van der Waals surface area contributed by atoms with Gasteiger partial charge in [0.2, 0.25) is 0 Å². The van der Waals surface area contributed by atoms with Gasteiger partial charge in [-0.3, -0.25) is 0 Å². The van der Waals surface area contributed by atoms with Crippen LogP contribution in [0.25, 0.3) is 0 Å². The van der Waals surface area contributed by atoms with E-state index in [1.807, 2.05) is 32.6 Å². The third-order valence-electron chi connectivity index (χ3n) is 3.26. The molecular weight excluding hydrogens is 256 g/mol. The van der Waals surface area contributed by atoms with Crippen LogP contribution in [0.2, 0.25) is 0 Å². The molecule has 0 aromatic carbocycles. The predicted molar refractivity (Wildman–Crippen MR) is 79.9 cm³/mol. The summed E-state index contributed by atoms with van der Waals surface area (Å²) in [5.41, 5.74) is -0.429. The van der Waals surface area contributed by atoms with E-state index >= 15 is 0 Å². The first-order valence-corrected chi connectivity index (χ1v) is 7.72. The average molecular weight is 286 g/mol. The van der Waals surface area contributed by atoms with E-state index < -0.39 is 5.60 Å². The van der Waals surface area contributed by atoms with Gasteiger partial charge in [0.15, 0.2) is 0 Å². The monoisotopic (exact) mass is 286 g/mol. The van der Waals surface area contributed by atoms with E-state index in [-0.39, 0.29) is 12.1 Å². The number of carbonyl (C=O) groups excluding carboxylic acids is 1. The lowest BCUT2D eigenvalue weighted by molar-refractivity contribution is 0.00980. The molecule has 1 N–H and O–H groups in total. The lowest BCUT2D eigenvalue weighted by Gasteiger charge is -2.36. The summed E-state index contributed by atoms with van der Waals surface area (Å²) >= 11 is 0. The van der Waals surface area contributed by atoms with E-state index in [0.717, 1.165) is 45.7 Å². The van der Waals surface area contributed by atoms with Gasteiger partial charge in [0, 0.05) is 32.3 Å². The van der Waals surface area contributed by atoms with Crippen molar-refractivity contribution < 1.29 is 14.3 Å². The second kappa shape index (κ2) is 8.47. The maximum atomic E-state index is 12.2. The lowest BCUT2D eigenvalue weighted by Crippen LogP contribution is -2.50. The second-order valence-electron chi connectivity index (χ2n) is 6.22. The third kappa shape index (κ3) is 6.57. The summed E-state index contributed by atoms with van der Waals surface area (Å²) in [6, 6.07) is 0.236. The number of hydrogen-bond donors (Lipinski definition) is 1. The molecule has 1 rings (SSSR count). The van der Waals surface area contributed by atoms with Gasteiger partial charge in [-0.25, -0.2) is 4.79 Å². The molecule has 118 valence electrons. The molecular formula is C15H30N2O3. The van der Waals surface area contributed by atoms with Crippen LogP contribution >= 0.6 is 0 Å². The smallest absolute Gasteiger partial charge is 0.410 e. The molecule has 1 aliphatic heterocycles. The van der Waals surface area contributed by atoms with Crippen molar-refractivity contribution in [3.63, 3.8) is 0 Å². The number of nitrogens with zero attached hydrogens (tertiary/aromatic N) is 1. The van der Waals surface area contributed by atoms with Crippen molar-refractivity contribution in [1.82, 2.24) is 10.2 Å². The number of piperidine rings is 1. The molecule has 1 amide bonds. The fourth-order valence-corrected chi connectivity index (χ4v) is 2.33. The summed E-state index contributed by atoms with van der Waals surface area (Å²) in [5, 5.41) is 3.36. The molecule has 5 heteroatoms. The van der Waals surface area contributed by atoms with Gasteiger partial charge in [0.1, 0.15) is 5.60 Å². The largest absolute Gasteiger partial charge is 0.444 e. The van der Waals surface area contributed by atoms with Crippen molar-refractivity contribution in [2.45, 2.75) is 58.6 Å². The van der Waals surface area contributed by atoms with Crippen molar-refractivity contribution in [2.24, 2.45) is 0 Å². The lowest BCUT2D eigenvalue weighted by atomic mass is 10.0. The molecule has 20 heavy (non-hydrogen) atoms. The Hall–Kier alpha value is -0.810. The van der Waals surface area contributed by atoms with Crippen molar-refractivity contribution in [3.8, 4) is 0 Å². The SMILES string of the molecule is CCOCCNCC1CCCCN1C(=O)OC(C)(C)C. The zero-order valence-electron chi connectivity index (χ0n) is 13.4. The number of likely N-dealkylation sites (tertiary alicyclic amines) is 1. The van der Waals surface area contributed by atoms with E-state index in [1.54, 1.807) is 0 Å². The zero-order chi connectivity index (χ0) is 15.0. The summed E-state index contributed by atoms with van der Waals surface area (Å²) in [6.07, 6.45) is 3.10. The highest BCUT2D eigenvalue weighted by Gasteiger charge is 2.29. The second-order valence-corrected chi connectivity index (χ2v) is 6.22. The molecule has 1 fully saturated rings. The maximum Gasteiger partial charge on any atom is 0.410 e. The Kier molecular flexibility index (Phi) is 7.30. The first-order chi connectivity index (χ1) is 9.44. The van der Waals surface area contributed by atoms with Gasteiger partial charge in [-0.05, 0) is 47.0 Å². The maximum absolute atomic E-state index is 12.2. The van der Waals surface area contributed by atoms with Crippen LogP contribution in [0.1, 0.15) is 47.0 Å². The van der Waals surface area contributed by atoms with Crippen LogP contribution in [-0.4, -0.2) is 55.5 Å². The van der Waals surface area contributed by atoms with Crippen LogP contribution in [0, 0.1) is 0 Å². The van der Waals surface area contributed by atoms with Crippen LogP contribution in [0.4, 0.5) is 4.79 Å². The molecule has 1 saturated heterocycles. The first-order valence-electron chi connectivity index (χ1n) is 7.72. The van der Waals surface area contributed by atoms with Crippen LogP contribution in [0.5, 0.6) is 0 Å². The predicted octanol–water partition coefficient (Wildman–Crippen LogP) is 2.40. The third-order valence-corrected chi connectivity index (χ3v) is 3.26. The summed E-state index contributed by atoms with van der Waals surface area (Å²) < 4.78 is 10.8. The summed E-state index contributed by atoms with van der Waals surface area (Å²) in [5.74, 6) is 0. The molecule has 0 spiro atoms. The molecule has 5 nitrogen and oxygen atoms in total. The Bertz CT molecular complexity index is 289. The zero-order valence-corrected chi connectivity index (χ0v) is 13.4. The Morgan fingerprint density at radius 2 is 2.10 bits per heavy atom. The number of hydrogen-bond acceptors (Lipinski definition) is 4. The van der Waals surface area contributed by atoms with E-state index in [2.05, 4.69) is 5.32 Å². The Morgan fingerprint density at radius 3 is 2.75 bits per heavy atom. The van der Waals surface area contributed by atoms with E-state index in [0.29, 0.717) is 0 Å². The van der Waals surface area contributed by atoms with Crippen LogP contribution < -0.4 is 5.32 Å². The van der Waals surface area contributed by atoms with Crippen LogP contribution in [-0.2, 0) is 9.47 Å². The van der Waals surface area contributed by atoms with Crippen molar-refractivity contribution >= 4 is 6.09 Å². The number of amides is 1. The van der Waals surface area contributed by atoms with Crippen molar-refractivity contribution in [3.05, 3.63) is 0 Å². The first kappa shape index (κ1) is 17.2. The van der Waals surface area contributed by atoms with Crippen LogP contribution in [0.3, 0.4) is 0 Å². The van der Waals surface area contributed by atoms with Gasteiger partial charge in [-0.2, -0.15) is 0 Å². The van der Waals surface area contributed by atoms with E-state index in [4.69, 9.17) is 9.47 Å². The molecule has 1 aliphatic rings. The fourth-order valence-electron chi connectivity index (χ4n) is 2.33. The Morgan fingerprint density at radius 1 is 1.35 bits per heavy atom. The minimum Gasteiger partial charge on any atom is -0.444 e. The topological polar surface area (TPSA) is 50.8 Å². The van der Waals surface area contributed by atoms with Gasteiger partial charge in [-0.15, -0.1) is 0 Å². The van der Waals surface area contributed by atoms with E-state index in [1.165, 1.54) is 6.42 Å². The summed E-state index contributed by atoms with van der Waals surface area (Å²) in [6.45, 7) is 11.6. The molecule has 1 heterocycles. The molecule has 1 unspecified atom stereocenters. The number of nitrogens with one attached hydrogen (secondary N) is 1. The fraction of sp³-hybridized carbons (Fsp3) is 0.933. The summed E-state index contributed by atoms with van der Waals surface area (Å²) in [4.78, 5) is 14.1. The van der Waals surface area contributed by atoms with Gasteiger partial charge in [-0.1, -0.05) is 0 Å². The van der Waals surface area contributed by atoms with Gasteiger partial charge in [0.05, 0.1) is 6.61 Å². The standard InChI is InChI=1S/C15H30N2O3/c1-5-19-11-9-16-12-13-8-6-7-10-17(13)14(18)20-15(2,3)4/h13,16H,5-12H2,1-4H3. The summed E-state index contributed by atoms with van der Waals surface area (Å²) in [7, 11) is 0. The highest BCUT2D eigenvalue weighted by molar-refractivity contribution is 5.68. The number of rotatable bonds is 6. The Balaban J connectivity index is 2.39. The van der Waals surface area contributed by atoms with Crippen LogP contribution in [0.15, 0.2) is 0 Å². The minimum atomic E-state index is -0.429. The molecule has 1 atom stereocenters. The highest BCUT2D eigenvalue weighted by Crippen LogP contribution is 2.19.